The zero-order chi connectivity index (χ0) is 17.6. The minimum atomic E-state index is -1.09. The van der Waals surface area contributed by atoms with Crippen molar-refractivity contribution >= 4 is 22.8 Å². The number of carbonyl (C=O) groups excluding carboxylic acids is 1. The molecule has 0 fully saturated rings. The van der Waals surface area contributed by atoms with E-state index in [1.807, 2.05) is 0 Å². The molecule has 3 aromatic rings. The van der Waals surface area contributed by atoms with Crippen molar-refractivity contribution in [3.05, 3.63) is 52.3 Å². The fraction of sp³-hybridized carbons (Fsp3) is 0.250. The van der Waals surface area contributed by atoms with Crippen LogP contribution in [0.2, 0.25) is 0 Å². The highest BCUT2D eigenvalue weighted by Crippen LogP contribution is 2.21. The molecule has 0 aliphatic carbocycles. The predicted octanol–water partition coefficient (Wildman–Crippen LogP) is 0.0908. The molecule has 4 rings (SSSR count). The van der Waals surface area contributed by atoms with Crippen LogP contribution in [0.15, 0.2) is 35.4 Å². The molecule has 3 N–H and O–H groups in total. The summed E-state index contributed by atoms with van der Waals surface area (Å²) in [5.41, 5.74) is 1.69. The van der Waals surface area contributed by atoms with E-state index < -0.39 is 17.9 Å². The van der Waals surface area contributed by atoms with Crippen molar-refractivity contribution in [1.29, 1.82) is 0 Å². The molecular formula is C16H15N5O4. The first-order chi connectivity index (χ1) is 12.0. The van der Waals surface area contributed by atoms with Gasteiger partial charge < -0.3 is 15.0 Å². The molecule has 9 nitrogen and oxygen atoms in total. The van der Waals surface area contributed by atoms with Crippen molar-refractivity contribution < 1.29 is 14.7 Å². The highest BCUT2D eigenvalue weighted by molar-refractivity contribution is 5.85. The Labute approximate surface area is 140 Å². The number of rotatable bonds is 3. The number of amides is 1. The highest BCUT2D eigenvalue weighted by Gasteiger charge is 2.36. The Hall–Kier alpha value is -3.36. The largest absolute Gasteiger partial charge is 0.480 e. The Morgan fingerprint density at radius 2 is 2.12 bits per heavy atom. The van der Waals surface area contributed by atoms with Crippen LogP contribution in [0.4, 0.5) is 0 Å². The fourth-order valence-electron chi connectivity index (χ4n) is 3.16. The Balaban J connectivity index is 1.64. The Morgan fingerprint density at radius 3 is 2.88 bits per heavy atom. The third kappa shape index (κ3) is 2.49. The van der Waals surface area contributed by atoms with Gasteiger partial charge in [-0.15, -0.1) is 0 Å². The van der Waals surface area contributed by atoms with E-state index in [0.29, 0.717) is 16.6 Å². The molecule has 0 spiro atoms. The first kappa shape index (κ1) is 15.2. The van der Waals surface area contributed by atoms with Gasteiger partial charge in [-0.3, -0.25) is 14.7 Å². The zero-order valence-corrected chi connectivity index (χ0v) is 13.1. The maximum Gasteiger partial charge on any atom is 0.326 e. The summed E-state index contributed by atoms with van der Waals surface area (Å²) >= 11 is 0. The van der Waals surface area contributed by atoms with Gasteiger partial charge in [-0.25, -0.2) is 14.5 Å². The number of aromatic amines is 2. The van der Waals surface area contributed by atoms with Gasteiger partial charge in [0.2, 0.25) is 5.91 Å². The molecule has 1 aliphatic rings. The lowest BCUT2D eigenvalue weighted by Gasteiger charge is -2.32. The van der Waals surface area contributed by atoms with Crippen molar-refractivity contribution in [3.8, 4) is 0 Å². The van der Waals surface area contributed by atoms with E-state index in [1.54, 1.807) is 24.3 Å². The van der Waals surface area contributed by atoms with Crippen molar-refractivity contribution in [3.63, 3.8) is 0 Å². The number of H-pyrrole nitrogens is 2. The smallest absolute Gasteiger partial charge is 0.326 e. The van der Waals surface area contributed by atoms with Crippen LogP contribution in [-0.4, -0.2) is 47.7 Å². The molecule has 1 aromatic carbocycles. The lowest BCUT2D eigenvalue weighted by molar-refractivity contribution is -0.151. The summed E-state index contributed by atoms with van der Waals surface area (Å²) in [6.07, 6.45) is 1.63. The molecule has 1 atom stereocenters. The predicted molar refractivity (Wildman–Crippen MR) is 86.8 cm³/mol. The van der Waals surface area contributed by atoms with Crippen LogP contribution in [0, 0.1) is 0 Å². The lowest BCUT2D eigenvalue weighted by Crippen LogP contribution is -2.50. The van der Waals surface area contributed by atoms with Gasteiger partial charge >= 0.3 is 5.97 Å². The number of nitrogens with zero attached hydrogens (tertiary/aromatic N) is 3. The highest BCUT2D eigenvalue weighted by atomic mass is 16.4. The monoisotopic (exact) mass is 341 g/mol. The van der Waals surface area contributed by atoms with E-state index in [1.165, 1.54) is 15.9 Å². The average Bonchev–Trinajstić information content (AvgIpc) is 3.18. The quantitative estimate of drug-likeness (QED) is 0.623. The molecule has 0 bridgehead atoms. The van der Waals surface area contributed by atoms with E-state index in [4.69, 9.17) is 0 Å². The standard InChI is InChI=1S/C16H15N5O4/c22-14(7-21-15(23)9-3-1-2-4-10(9)19-21)20-6-12-11(17-8-18-12)5-13(20)16(24)25/h1-4,8,13,19H,5-7H2,(H,17,18)(H,24,25)/t13-/m1/s1. The number of hydrogen-bond acceptors (Lipinski definition) is 4. The normalized spacial score (nSPS) is 16.8. The molecule has 1 aliphatic heterocycles. The molecule has 0 saturated heterocycles. The van der Waals surface area contributed by atoms with Gasteiger partial charge in [-0.05, 0) is 12.1 Å². The maximum atomic E-state index is 12.7. The summed E-state index contributed by atoms with van der Waals surface area (Å²) in [5, 5.41) is 12.8. The Bertz CT molecular complexity index is 1030. The number of para-hydroxylation sites is 1. The fourth-order valence-corrected chi connectivity index (χ4v) is 3.16. The number of carboxylic acids is 1. The van der Waals surface area contributed by atoms with Crippen molar-refractivity contribution in [2.45, 2.75) is 25.6 Å². The number of aromatic nitrogens is 4. The number of benzene rings is 1. The van der Waals surface area contributed by atoms with Crippen LogP contribution in [0.3, 0.4) is 0 Å². The topological polar surface area (TPSA) is 124 Å². The van der Waals surface area contributed by atoms with E-state index in [2.05, 4.69) is 15.1 Å². The van der Waals surface area contributed by atoms with Gasteiger partial charge in [0.05, 0.1) is 35.2 Å². The number of hydrogen-bond donors (Lipinski definition) is 3. The number of imidazole rings is 1. The first-order valence-corrected chi connectivity index (χ1v) is 7.75. The maximum absolute atomic E-state index is 12.7. The molecule has 2 aromatic heterocycles. The lowest BCUT2D eigenvalue weighted by atomic mass is 10.0. The molecule has 0 radical (unpaired) electrons. The van der Waals surface area contributed by atoms with Crippen molar-refractivity contribution in [1.82, 2.24) is 24.6 Å². The summed E-state index contributed by atoms with van der Waals surface area (Å²) in [6.45, 7) is -0.124. The molecule has 9 heteroatoms. The van der Waals surface area contributed by atoms with Crippen molar-refractivity contribution in [2.24, 2.45) is 0 Å². The Kier molecular flexibility index (Phi) is 3.41. The summed E-state index contributed by atoms with van der Waals surface area (Å²) < 4.78 is 1.20. The van der Waals surface area contributed by atoms with Gasteiger partial charge in [0.1, 0.15) is 12.6 Å². The van der Waals surface area contributed by atoms with Gasteiger partial charge in [-0.1, -0.05) is 12.1 Å². The van der Waals surface area contributed by atoms with Gasteiger partial charge in [0, 0.05) is 6.42 Å². The third-order valence-electron chi connectivity index (χ3n) is 4.46. The first-order valence-electron chi connectivity index (χ1n) is 7.75. The Morgan fingerprint density at radius 1 is 1.32 bits per heavy atom. The molecular weight excluding hydrogens is 326 g/mol. The van der Waals surface area contributed by atoms with Crippen LogP contribution < -0.4 is 5.56 Å². The summed E-state index contributed by atoms with van der Waals surface area (Å²) in [4.78, 5) is 44.9. The van der Waals surface area contributed by atoms with E-state index in [0.717, 1.165) is 5.69 Å². The van der Waals surface area contributed by atoms with Crippen LogP contribution in [0.1, 0.15) is 11.4 Å². The summed E-state index contributed by atoms with van der Waals surface area (Å²) in [5.74, 6) is -1.53. The van der Waals surface area contributed by atoms with Crippen LogP contribution in [0.5, 0.6) is 0 Å². The zero-order valence-electron chi connectivity index (χ0n) is 13.1. The van der Waals surface area contributed by atoms with Crippen LogP contribution in [-0.2, 0) is 29.1 Å². The SMILES string of the molecule is O=C(O)[C@H]1Cc2nc[nH]c2CN1C(=O)Cn1[nH]c2ccccc2c1=O. The van der Waals surface area contributed by atoms with Gasteiger partial charge in [0.25, 0.3) is 5.56 Å². The number of aliphatic carboxylic acids is 1. The van der Waals surface area contributed by atoms with Gasteiger partial charge in [-0.2, -0.15) is 0 Å². The molecule has 0 saturated carbocycles. The summed E-state index contributed by atoms with van der Waals surface area (Å²) in [7, 11) is 0. The van der Waals surface area contributed by atoms with E-state index >= 15 is 0 Å². The van der Waals surface area contributed by atoms with Crippen LogP contribution in [0.25, 0.3) is 10.9 Å². The third-order valence-corrected chi connectivity index (χ3v) is 4.46. The summed E-state index contributed by atoms with van der Waals surface area (Å²) in [6, 6.07) is 5.95. The number of fused-ring (bicyclic) bond motifs is 2. The minimum Gasteiger partial charge on any atom is -0.480 e. The van der Waals surface area contributed by atoms with Gasteiger partial charge in [0.15, 0.2) is 0 Å². The van der Waals surface area contributed by atoms with E-state index in [9.17, 15) is 19.5 Å². The van der Waals surface area contributed by atoms with Crippen molar-refractivity contribution in [2.75, 3.05) is 0 Å². The number of nitrogens with one attached hydrogen (secondary N) is 2. The van der Waals surface area contributed by atoms with E-state index in [-0.39, 0.29) is 25.1 Å². The molecule has 0 unspecified atom stereocenters. The number of carbonyl (C=O) groups is 2. The second kappa shape index (κ2) is 5.62. The number of carboxylic acid groups (broad SMARTS) is 1. The van der Waals surface area contributed by atoms with Crippen LogP contribution >= 0.6 is 0 Å². The molecule has 128 valence electrons. The second-order valence-corrected chi connectivity index (χ2v) is 5.96. The molecule has 1 amide bonds. The minimum absolute atomic E-state index is 0.125. The second-order valence-electron chi connectivity index (χ2n) is 5.96. The average molecular weight is 341 g/mol. The molecule has 3 heterocycles. The molecule has 25 heavy (non-hydrogen) atoms.